The van der Waals surface area contributed by atoms with E-state index in [1.807, 2.05) is 18.2 Å². The number of aromatic nitrogens is 2. The molecule has 0 spiro atoms. The van der Waals surface area contributed by atoms with Gasteiger partial charge in [0.1, 0.15) is 5.82 Å². The highest BCUT2D eigenvalue weighted by Crippen LogP contribution is 2.12. The minimum atomic E-state index is -0.289. The van der Waals surface area contributed by atoms with Gasteiger partial charge in [-0.2, -0.15) is 0 Å². The van der Waals surface area contributed by atoms with E-state index in [0.29, 0.717) is 30.2 Å². The number of nitrogens with zero attached hydrogens (tertiary/aromatic N) is 2. The molecule has 0 saturated heterocycles. The van der Waals surface area contributed by atoms with Crippen molar-refractivity contribution in [3.05, 3.63) is 83.8 Å². The van der Waals surface area contributed by atoms with E-state index >= 15 is 0 Å². The van der Waals surface area contributed by atoms with Crippen LogP contribution in [0.15, 0.2) is 67.0 Å². The first-order valence-corrected chi connectivity index (χ1v) is 8.63. The highest BCUT2D eigenvalue weighted by Gasteiger charge is 2.07. The van der Waals surface area contributed by atoms with Crippen molar-refractivity contribution < 1.29 is 9.59 Å². The zero-order chi connectivity index (χ0) is 19.8. The van der Waals surface area contributed by atoms with Gasteiger partial charge in [0.2, 0.25) is 0 Å². The van der Waals surface area contributed by atoms with Crippen LogP contribution in [0.2, 0.25) is 0 Å². The monoisotopic (exact) mass is 376 g/mol. The van der Waals surface area contributed by atoms with E-state index in [1.165, 1.54) is 6.20 Å². The van der Waals surface area contributed by atoms with Crippen molar-refractivity contribution in [2.45, 2.75) is 13.1 Å². The molecule has 0 aliphatic heterocycles. The lowest BCUT2D eigenvalue weighted by Crippen LogP contribution is -2.34. The van der Waals surface area contributed by atoms with Crippen LogP contribution in [0, 0.1) is 0 Å². The summed E-state index contributed by atoms with van der Waals surface area (Å²) in [5.74, 6) is 0.0822. The van der Waals surface area contributed by atoms with Gasteiger partial charge >= 0.3 is 6.03 Å². The zero-order valence-electron chi connectivity index (χ0n) is 15.1. The topological polar surface area (TPSA) is 122 Å². The molecule has 142 valence electrons. The number of nitrogens with one attached hydrogen (secondary N) is 3. The van der Waals surface area contributed by atoms with Crippen LogP contribution in [0.5, 0.6) is 0 Å². The van der Waals surface area contributed by atoms with Gasteiger partial charge in [0.15, 0.2) is 0 Å². The first-order valence-electron chi connectivity index (χ1n) is 8.63. The van der Waals surface area contributed by atoms with Crippen molar-refractivity contribution in [3.8, 4) is 0 Å². The Bertz CT molecular complexity index is 944. The van der Waals surface area contributed by atoms with E-state index in [-0.39, 0.29) is 11.9 Å². The van der Waals surface area contributed by atoms with Crippen molar-refractivity contribution in [3.63, 3.8) is 0 Å². The van der Waals surface area contributed by atoms with Gasteiger partial charge < -0.3 is 21.7 Å². The van der Waals surface area contributed by atoms with Crippen molar-refractivity contribution >= 4 is 23.4 Å². The Morgan fingerprint density at radius 2 is 1.68 bits per heavy atom. The molecule has 0 aliphatic carbocycles. The molecule has 2 heterocycles. The third-order valence-electron chi connectivity index (χ3n) is 3.86. The number of hydrogen-bond acceptors (Lipinski definition) is 5. The summed E-state index contributed by atoms with van der Waals surface area (Å²) >= 11 is 0. The fourth-order valence-electron chi connectivity index (χ4n) is 2.42. The number of carbonyl (C=O) groups is 2. The molecule has 3 amide bonds. The molecule has 8 heteroatoms. The number of benzene rings is 1. The summed E-state index contributed by atoms with van der Waals surface area (Å²) in [6, 6.07) is 15.4. The van der Waals surface area contributed by atoms with Crippen LogP contribution in [0.25, 0.3) is 0 Å². The molecule has 0 fully saturated rings. The Balaban J connectivity index is 1.47. The van der Waals surface area contributed by atoms with Crippen LogP contribution in [0.3, 0.4) is 0 Å². The maximum absolute atomic E-state index is 12.3. The largest absolute Gasteiger partial charge is 0.384 e. The first kappa shape index (κ1) is 18.8. The lowest BCUT2D eigenvalue weighted by atomic mass is 10.1. The normalized spacial score (nSPS) is 10.1. The standard InChI is InChI=1S/C20H20N6O2/c21-18-11-16(8-10-23-18)26-19(27)15-6-4-14(5-7-15)12-24-20(28)25-13-17-3-1-2-9-22-17/h1-11H,12-13H2,(H2,24,25,28)(H3,21,23,26,27). The molecule has 3 rings (SSSR count). The molecule has 3 aromatic rings. The fourth-order valence-corrected chi connectivity index (χ4v) is 2.42. The number of carbonyl (C=O) groups excluding carboxylic acids is 2. The summed E-state index contributed by atoms with van der Waals surface area (Å²) in [4.78, 5) is 32.1. The average Bonchev–Trinajstić information content (AvgIpc) is 2.72. The van der Waals surface area contributed by atoms with Crippen molar-refractivity contribution in [1.82, 2.24) is 20.6 Å². The second-order valence-corrected chi connectivity index (χ2v) is 5.98. The van der Waals surface area contributed by atoms with E-state index in [9.17, 15) is 9.59 Å². The number of hydrogen-bond donors (Lipinski definition) is 4. The zero-order valence-corrected chi connectivity index (χ0v) is 15.1. The van der Waals surface area contributed by atoms with Gasteiger partial charge in [-0.05, 0) is 35.9 Å². The quantitative estimate of drug-likeness (QED) is 0.526. The van der Waals surface area contributed by atoms with E-state index in [0.717, 1.165) is 11.3 Å². The Morgan fingerprint density at radius 3 is 2.39 bits per heavy atom. The van der Waals surface area contributed by atoms with E-state index < -0.39 is 0 Å². The van der Waals surface area contributed by atoms with Crippen LogP contribution < -0.4 is 21.7 Å². The Hall–Kier alpha value is -3.94. The second kappa shape index (κ2) is 9.13. The fraction of sp³-hybridized carbons (Fsp3) is 0.100. The molecule has 0 unspecified atom stereocenters. The summed E-state index contributed by atoms with van der Waals surface area (Å²) in [7, 11) is 0. The van der Waals surface area contributed by atoms with Gasteiger partial charge in [0.25, 0.3) is 5.91 Å². The molecular weight excluding hydrogens is 356 g/mol. The summed E-state index contributed by atoms with van der Waals surface area (Å²) < 4.78 is 0. The maximum atomic E-state index is 12.3. The lowest BCUT2D eigenvalue weighted by molar-refractivity contribution is 0.102. The number of rotatable bonds is 6. The van der Waals surface area contributed by atoms with Gasteiger partial charge in [-0.25, -0.2) is 9.78 Å². The van der Waals surface area contributed by atoms with Crippen LogP contribution in [0.1, 0.15) is 21.6 Å². The molecule has 8 nitrogen and oxygen atoms in total. The number of amides is 3. The van der Waals surface area contributed by atoms with Gasteiger partial charge in [-0.1, -0.05) is 18.2 Å². The summed E-state index contributed by atoms with van der Waals surface area (Å²) in [6.45, 7) is 0.697. The van der Waals surface area contributed by atoms with Crippen molar-refractivity contribution in [1.29, 1.82) is 0 Å². The van der Waals surface area contributed by atoms with Gasteiger partial charge in [-0.3, -0.25) is 9.78 Å². The van der Waals surface area contributed by atoms with E-state index in [4.69, 9.17) is 5.73 Å². The summed E-state index contributed by atoms with van der Waals surface area (Å²) in [6.07, 6.45) is 3.20. The molecule has 0 saturated carbocycles. The predicted octanol–water partition coefficient (Wildman–Crippen LogP) is 2.31. The Kier molecular flexibility index (Phi) is 6.14. The predicted molar refractivity (Wildman–Crippen MR) is 106 cm³/mol. The molecule has 1 aromatic carbocycles. The first-order chi connectivity index (χ1) is 13.6. The number of pyridine rings is 2. The maximum Gasteiger partial charge on any atom is 0.315 e. The van der Waals surface area contributed by atoms with Crippen LogP contribution in [-0.2, 0) is 13.1 Å². The molecule has 0 bridgehead atoms. The number of nitrogen functional groups attached to an aromatic ring is 1. The minimum absolute atomic E-state index is 0.252. The number of urea groups is 1. The molecule has 0 radical (unpaired) electrons. The highest BCUT2D eigenvalue weighted by molar-refractivity contribution is 6.04. The molecule has 28 heavy (non-hydrogen) atoms. The van der Waals surface area contributed by atoms with Crippen LogP contribution in [-0.4, -0.2) is 21.9 Å². The second-order valence-electron chi connectivity index (χ2n) is 5.98. The lowest BCUT2D eigenvalue weighted by Gasteiger charge is -2.09. The minimum Gasteiger partial charge on any atom is -0.384 e. The SMILES string of the molecule is Nc1cc(NC(=O)c2ccc(CNC(=O)NCc3ccccn3)cc2)ccn1. The van der Waals surface area contributed by atoms with Crippen molar-refractivity contribution in [2.24, 2.45) is 0 Å². The average molecular weight is 376 g/mol. The van der Waals surface area contributed by atoms with E-state index in [2.05, 4.69) is 25.9 Å². The number of nitrogens with two attached hydrogens (primary N) is 1. The molecular formula is C20H20N6O2. The summed E-state index contributed by atoms with van der Waals surface area (Å²) in [5, 5.41) is 8.26. The number of anilines is 2. The van der Waals surface area contributed by atoms with Crippen molar-refractivity contribution in [2.75, 3.05) is 11.1 Å². The van der Waals surface area contributed by atoms with Crippen LogP contribution >= 0.6 is 0 Å². The molecule has 2 aromatic heterocycles. The highest BCUT2D eigenvalue weighted by atomic mass is 16.2. The summed E-state index contributed by atoms with van der Waals surface area (Å²) in [5.41, 5.74) is 8.33. The Labute approximate surface area is 162 Å². The van der Waals surface area contributed by atoms with Gasteiger partial charge in [0, 0.05) is 36.3 Å². The van der Waals surface area contributed by atoms with Gasteiger partial charge in [0.05, 0.1) is 12.2 Å². The van der Waals surface area contributed by atoms with E-state index in [1.54, 1.807) is 42.6 Å². The third kappa shape index (κ3) is 5.53. The molecule has 5 N–H and O–H groups in total. The molecule has 0 atom stereocenters. The van der Waals surface area contributed by atoms with Gasteiger partial charge in [-0.15, -0.1) is 0 Å². The Morgan fingerprint density at radius 1 is 0.893 bits per heavy atom. The smallest absolute Gasteiger partial charge is 0.315 e. The molecule has 0 aliphatic rings. The third-order valence-corrected chi connectivity index (χ3v) is 3.86. The van der Waals surface area contributed by atoms with Crippen LogP contribution in [0.4, 0.5) is 16.3 Å².